The summed E-state index contributed by atoms with van der Waals surface area (Å²) in [5, 5.41) is 3.43. The van der Waals surface area contributed by atoms with Crippen LogP contribution in [0.15, 0.2) is 0 Å². The average molecular weight is 277 g/mol. The third-order valence-corrected chi connectivity index (χ3v) is 4.13. The molecule has 3 rings (SSSR count). The summed E-state index contributed by atoms with van der Waals surface area (Å²) in [6.45, 7) is 6.20. The molecule has 1 aromatic rings. The van der Waals surface area contributed by atoms with Crippen LogP contribution in [0.1, 0.15) is 11.3 Å². The molecule has 20 heavy (non-hydrogen) atoms. The van der Waals surface area contributed by atoms with E-state index in [1.54, 1.807) is 7.11 Å². The minimum absolute atomic E-state index is 0.500. The summed E-state index contributed by atoms with van der Waals surface area (Å²) in [4.78, 5) is 13.9. The maximum Gasteiger partial charge on any atom is 0.318 e. The monoisotopic (exact) mass is 277 g/mol. The lowest BCUT2D eigenvalue weighted by Crippen LogP contribution is -2.45. The zero-order chi connectivity index (χ0) is 13.9. The fraction of sp³-hybridized carbons (Fsp3) is 0.714. The third-order valence-electron chi connectivity index (χ3n) is 4.13. The molecule has 1 N–H and O–H groups in total. The van der Waals surface area contributed by atoms with Crippen LogP contribution in [0.2, 0.25) is 0 Å². The van der Waals surface area contributed by atoms with Crippen molar-refractivity contribution in [1.29, 1.82) is 0 Å². The van der Waals surface area contributed by atoms with Crippen LogP contribution in [0.4, 0.5) is 5.82 Å². The summed E-state index contributed by atoms with van der Waals surface area (Å²) < 4.78 is 5.29. The Hall–Kier alpha value is -1.40. The fourth-order valence-electron chi connectivity index (χ4n) is 2.87. The van der Waals surface area contributed by atoms with E-state index in [2.05, 4.69) is 32.1 Å². The molecule has 0 unspecified atom stereocenters. The predicted molar refractivity (Wildman–Crippen MR) is 78.6 cm³/mol. The van der Waals surface area contributed by atoms with Crippen molar-refractivity contribution in [3.8, 4) is 6.01 Å². The molecule has 0 bridgehead atoms. The summed E-state index contributed by atoms with van der Waals surface area (Å²) >= 11 is 0. The Morgan fingerprint density at radius 2 is 1.80 bits per heavy atom. The van der Waals surface area contributed by atoms with E-state index in [4.69, 9.17) is 4.74 Å². The van der Waals surface area contributed by atoms with Gasteiger partial charge in [-0.2, -0.15) is 9.97 Å². The number of piperazine rings is 1. The van der Waals surface area contributed by atoms with Gasteiger partial charge in [0, 0.05) is 44.7 Å². The van der Waals surface area contributed by atoms with Crippen LogP contribution >= 0.6 is 0 Å². The largest absolute Gasteiger partial charge is 0.467 e. The van der Waals surface area contributed by atoms with Crippen molar-refractivity contribution in [2.75, 3.05) is 58.3 Å². The van der Waals surface area contributed by atoms with E-state index >= 15 is 0 Å². The molecular formula is C14H23N5O. The zero-order valence-corrected chi connectivity index (χ0v) is 12.4. The topological polar surface area (TPSA) is 53.5 Å². The number of nitrogens with zero attached hydrogens (tertiary/aromatic N) is 4. The molecule has 0 amide bonds. The minimum atomic E-state index is 0.500. The van der Waals surface area contributed by atoms with Crippen molar-refractivity contribution in [3.63, 3.8) is 0 Å². The molecular weight excluding hydrogens is 254 g/mol. The van der Waals surface area contributed by atoms with E-state index in [-0.39, 0.29) is 0 Å². The maximum absolute atomic E-state index is 5.29. The normalized spacial score (nSPS) is 20.4. The molecule has 0 aliphatic carbocycles. The van der Waals surface area contributed by atoms with Gasteiger partial charge in [-0.15, -0.1) is 0 Å². The second kappa shape index (κ2) is 5.93. The Labute approximate surface area is 120 Å². The van der Waals surface area contributed by atoms with Gasteiger partial charge in [0.25, 0.3) is 0 Å². The van der Waals surface area contributed by atoms with Crippen molar-refractivity contribution >= 4 is 5.82 Å². The van der Waals surface area contributed by atoms with E-state index in [1.807, 2.05) is 0 Å². The molecule has 0 spiro atoms. The standard InChI is InChI=1S/C14H23N5O/c1-18-7-9-19(10-8-18)13-11-3-5-15-6-4-12(11)16-14(17-13)20-2/h15H,3-10H2,1-2H3. The van der Waals surface area contributed by atoms with Crippen molar-refractivity contribution < 1.29 is 4.74 Å². The summed E-state index contributed by atoms with van der Waals surface area (Å²) in [5.74, 6) is 1.09. The van der Waals surface area contributed by atoms with Gasteiger partial charge >= 0.3 is 6.01 Å². The van der Waals surface area contributed by atoms with E-state index in [9.17, 15) is 0 Å². The van der Waals surface area contributed by atoms with Crippen molar-refractivity contribution in [3.05, 3.63) is 11.3 Å². The highest BCUT2D eigenvalue weighted by molar-refractivity contribution is 5.51. The van der Waals surface area contributed by atoms with Crippen molar-refractivity contribution in [2.45, 2.75) is 12.8 Å². The molecule has 0 radical (unpaired) electrons. The highest BCUT2D eigenvalue weighted by Gasteiger charge is 2.23. The second-order valence-corrected chi connectivity index (χ2v) is 5.50. The van der Waals surface area contributed by atoms with Gasteiger partial charge in [0.2, 0.25) is 0 Å². The van der Waals surface area contributed by atoms with Crippen molar-refractivity contribution in [1.82, 2.24) is 20.2 Å². The van der Waals surface area contributed by atoms with Gasteiger partial charge in [-0.3, -0.25) is 0 Å². The minimum Gasteiger partial charge on any atom is -0.467 e. The van der Waals surface area contributed by atoms with Crippen LogP contribution < -0.4 is 15.0 Å². The molecule has 0 saturated carbocycles. The van der Waals surface area contributed by atoms with Crippen LogP contribution in [-0.2, 0) is 12.8 Å². The SMILES string of the molecule is COc1nc2c(c(N3CCN(C)CC3)n1)CCNCC2. The van der Waals surface area contributed by atoms with Gasteiger partial charge < -0.3 is 19.9 Å². The fourth-order valence-corrected chi connectivity index (χ4v) is 2.87. The molecule has 1 fully saturated rings. The van der Waals surface area contributed by atoms with Gasteiger partial charge in [0.15, 0.2) is 0 Å². The second-order valence-electron chi connectivity index (χ2n) is 5.50. The Morgan fingerprint density at radius 3 is 2.55 bits per heavy atom. The van der Waals surface area contributed by atoms with Crippen molar-refractivity contribution in [2.24, 2.45) is 0 Å². The quantitative estimate of drug-likeness (QED) is 0.816. The number of fused-ring (bicyclic) bond motifs is 1. The average Bonchev–Trinajstić information content (AvgIpc) is 2.72. The molecule has 3 heterocycles. The number of hydrogen-bond acceptors (Lipinski definition) is 6. The summed E-state index contributed by atoms with van der Waals surface area (Å²) in [7, 11) is 3.81. The molecule has 2 aliphatic rings. The smallest absolute Gasteiger partial charge is 0.318 e. The Kier molecular flexibility index (Phi) is 4.03. The maximum atomic E-state index is 5.29. The number of ether oxygens (including phenoxy) is 1. The Morgan fingerprint density at radius 1 is 1.05 bits per heavy atom. The molecule has 110 valence electrons. The molecule has 2 aliphatic heterocycles. The number of nitrogens with one attached hydrogen (secondary N) is 1. The number of aromatic nitrogens is 2. The molecule has 6 nitrogen and oxygen atoms in total. The van der Waals surface area contributed by atoms with Crippen LogP contribution in [0.5, 0.6) is 6.01 Å². The van der Waals surface area contributed by atoms with E-state index in [0.717, 1.165) is 63.6 Å². The molecule has 0 atom stereocenters. The van der Waals surface area contributed by atoms with Gasteiger partial charge in [-0.05, 0) is 20.0 Å². The number of rotatable bonds is 2. The van der Waals surface area contributed by atoms with Crippen LogP contribution in [-0.4, -0.2) is 68.3 Å². The van der Waals surface area contributed by atoms with E-state index in [1.165, 1.54) is 5.56 Å². The lowest BCUT2D eigenvalue weighted by atomic mass is 10.1. The summed E-state index contributed by atoms with van der Waals surface area (Å²) in [6, 6.07) is 0.500. The van der Waals surface area contributed by atoms with Gasteiger partial charge in [0.05, 0.1) is 12.8 Å². The first kappa shape index (κ1) is 13.6. The lowest BCUT2D eigenvalue weighted by molar-refractivity contribution is 0.310. The van der Waals surface area contributed by atoms with Gasteiger partial charge in [-0.25, -0.2) is 0 Å². The molecule has 1 saturated heterocycles. The first-order valence-corrected chi connectivity index (χ1v) is 7.36. The number of anilines is 1. The molecule has 6 heteroatoms. The number of hydrogen-bond donors (Lipinski definition) is 1. The summed E-state index contributed by atoms with van der Waals surface area (Å²) in [6.07, 6.45) is 1.95. The van der Waals surface area contributed by atoms with Crippen LogP contribution in [0, 0.1) is 0 Å². The van der Waals surface area contributed by atoms with Crippen LogP contribution in [0.3, 0.4) is 0 Å². The van der Waals surface area contributed by atoms with E-state index in [0.29, 0.717) is 6.01 Å². The first-order chi connectivity index (χ1) is 9.78. The first-order valence-electron chi connectivity index (χ1n) is 7.36. The lowest BCUT2D eigenvalue weighted by Gasteiger charge is -2.34. The molecule has 1 aromatic heterocycles. The number of methoxy groups -OCH3 is 1. The van der Waals surface area contributed by atoms with E-state index < -0.39 is 0 Å². The highest BCUT2D eigenvalue weighted by atomic mass is 16.5. The van der Waals surface area contributed by atoms with Gasteiger partial charge in [0.1, 0.15) is 5.82 Å². The highest BCUT2D eigenvalue weighted by Crippen LogP contribution is 2.26. The zero-order valence-electron chi connectivity index (χ0n) is 12.4. The summed E-state index contributed by atoms with van der Waals surface area (Å²) in [5.41, 5.74) is 2.45. The van der Waals surface area contributed by atoms with Gasteiger partial charge in [-0.1, -0.05) is 0 Å². The Bertz CT molecular complexity index is 471. The third kappa shape index (κ3) is 2.71. The molecule has 0 aromatic carbocycles. The predicted octanol–water partition coefficient (Wildman–Crippen LogP) is -0.0748. The van der Waals surface area contributed by atoms with Crippen LogP contribution in [0.25, 0.3) is 0 Å². The number of likely N-dealkylation sites (N-methyl/N-ethyl adjacent to an activating group) is 1. The Balaban J connectivity index is 1.95.